The molecule has 0 fully saturated rings. The van der Waals surface area contributed by atoms with Gasteiger partial charge in [-0.05, 0) is 19.1 Å². The monoisotopic (exact) mass is 189 g/mol. The molecule has 0 saturated heterocycles. The number of hydrogen-bond donors (Lipinski definition) is 0. The van der Waals surface area contributed by atoms with Gasteiger partial charge in [-0.2, -0.15) is 5.10 Å². The summed E-state index contributed by atoms with van der Waals surface area (Å²) in [6, 6.07) is 7.74. The molecule has 4 heteroatoms. The first-order valence-electron chi connectivity index (χ1n) is 4.48. The predicted octanol–water partition coefficient (Wildman–Crippen LogP) is 1.67. The number of benzene rings is 1. The lowest BCUT2D eigenvalue weighted by Crippen LogP contribution is -2.00. The Morgan fingerprint density at radius 2 is 2.21 bits per heavy atom. The lowest BCUT2D eigenvalue weighted by molar-refractivity contribution is 0.338. The second kappa shape index (κ2) is 3.91. The average Bonchev–Trinajstić information content (AvgIpc) is 2.72. The molecule has 1 aromatic heterocycles. The van der Waals surface area contributed by atoms with Crippen molar-refractivity contribution < 1.29 is 4.74 Å². The van der Waals surface area contributed by atoms with Crippen LogP contribution in [-0.4, -0.2) is 21.4 Å². The molecule has 0 saturated carbocycles. The van der Waals surface area contributed by atoms with Crippen molar-refractivity contribution in [1.82, 2.24) is 14.8 Å². The summed E-state index contributed by atoms with van der Waals surface area (Å²) in [7, 11) is 0. The van der Waals surface area contributed by atoms with Crippen LogP contribution in [0.4, 0.5) is 0 Å². The van der Waals surface area contributed by atoms with Gasteiger partial charge in [-0.25, -0.2) is 9.67 Å². The van der Waals surface area contributed by atoms with Gasteiger partial charge >= 0.3 is 0 Å². The van der Waals surface area contributed by atoms with Gasteiger partial charge < -0.3 is 4.74 Å². The molecule has 72 valence electrons. The molecule has 0 aliphatic heterocycles. The van der Waals surface area contributed by atoms with Gasteiger partial charge in [0.25, 0.3) is 0 Å². The third-order valence-corrected chi connectivity index (χ3v) is 1.83. The summed E-state index contributed by atoms with van der Waals surface area (Å²) in [5.74, 6) is 0.820. The summed E-state index contributed by atoms with van der Waals surface area (Å²) in [5, 5.41) is 4.05. The van der Waals surface area contributed by atoms with Crippen molar-refractivity contribution in [3.8, 4) is 11.4 Å². The van der Waals surface area contributed by atoms with Crippen LogP contribution < -0.4 is 4.74 Å². The quantitative estimate of drug-likeness (QED) is 0.737. The molecule has 0 bridgehead atoms. The maximum atomic E-state index is 5.47. The number of ether oxygens (including phenoxy) is 1. The first-order chi connectivity index (χ1) is 6.92. The third kappa shape index (κ3) is 1.59. The standard InChI is InChI=1S/C10H11N3O/c1-2-14-10-6-4-3-5-9(10)13-8-11-7-12-13/h3-8H,2H2,1H3. The summed E-state index contributed by atoms with van der Waals surface area (Å²) in [5.41, 5.74) is 0.909. The molecule has 0 aliphatic rings. The Morgan fingerprint density at radius 3 is 2.93 bits per heavy atom. The highest BCUT2D eigenvalue weighted by Gasteiger charge is 2.03. The van der Waals surface area contributed by atoms with E-state index in [1.807, 2.05) is 31.2 Å². The summed E-state index contributed by atoms with van der Waals surface area (Å²) >= 11 is 0. The van der Waals surface area contributed by atoms with Gasteiger partial charge in [-0.1, -0.05) is 12.1 Å². The molecular formula is C10H11N3O. The zero-order chi connectivity index (χ0) is 9.80. The molecule has 1 aromatic carbocycles. The van der Waals surface area contributed by atoms with Crippen LogP contribution in [0.25, 0.3) is 5.69 Å². The van der Waals surface area contributed by atoms with Crippen molar-refractivity contribution in [2.75, 3.05) is 6.61 Å². The molecule has 0 radical (unpaired) electrons. The van der Waals surface area contributed by atoms with Gasteiger partial charge in [0.1, 0.15) is 24.1 Å². The van der Waals surface area contributed by atoms with Gasteiger partial charge in [0.2, 0.25) is 0 Å². The fourth-order valence-corrected chi connectivity index (χ4v) is 1.26. The van der Waals surface area contributed by atoms with Gasteiger partial charge in [-0.3, -0.25) is 0 Å². The molecule has 0 spiro atoms. The Balaban J connectivity index is 2.42. The highest BCUT2D eigenvalue weighted by Crippen LogP contribution is 2.20. The Labute approximate surface area is 82.2 Å². The minimum atomic E-state index is 0.645. The minimum Gasteiger partial charge on any atom is -0.492 e. The summed E-state index contributed by atoms with van der Waals surface area (Å²) in [4.78, 5) is 3.90. The Kier molecular flexibility index (Phi) is 2.44. The summed E-state index contributed by atoms with van der Waals surface area (Å²) in [6.45, 7) is 2.60. The van der Waals surface area contributed by atoms with E-state index in [0.717, 1.165) is 11.4 Å². The zero-order valence-corrected chi connectivity index (χ0v) is 7.92. The molecule has 0 atom stereocenters. The largest absolute Gasteiger partial charge is 0.492 e. The van der Waals surface area contributed by atoms with Crippen molar-refractivity contribution in [3.63, 3.8) is 0 Å². The Morgan fingerprint density at radius 1 is 1.36 bits per heavy atom. The first kappa shape index (κ1) is 8.74. The SMILES string of the molecule is CCOc1ccccc1-n1cncn1. The third-order valence-electron chi connectivity index (χ3n) is 1.83. The maximum Gasteiger partial charge on any atom is 0.144 e. The fraction of sp³-hybridized carbons (Fsp3) is 0.200. The highest BCUT2D eigenvalue weighted by molar-refractivity contribution is 5.45. The predicted molar refractivity (Wildman–Crippen MR) is 52.5 cm³/mol. The topological polar surface area (TPSA) is 39.9 Å². The Hall–Kier alpha value is -1.84. The number of para-hydroxylation sites is 2. The molecule has 2 rings (SSSR count). The molecule has 0 unspecified atom stereocenters. The Bertz CT molecular complexity index is 398. The summed E-state index contributed by atoms with van der Waals surface area (Å²) < 4.78 is 7.16. The van der Waals surface area contributed by atoms with Crippen LogP contribution in [-0.2, 0) is 0 Å². The van der Waals surface area contributed by atoms with Crippen LogP contribution in [0.2, 0.25) is 0 Å². The second-order valence-electron chi connectivity index (χ2n) is 2.74. The first-order valence-corrected chi connectivity index (χ1v) is 4.48. The number of aromatic nitrogens is 3. The van der Waals surface area contributed by atoms with Gasteiger partial charge in [-0.15, -0.1) is 0 Å². The normalized spacial score (nSPS) is 10.1. The van der Waals surface area contributed by atoms with Crippen LogP contribution in [0.5, 0.6) is 5.75 Å². The van der Waals surface area contributed by atoms with Gasteiger partial charge in [0.15, 0.2) is 0 Å². The van der Waals surface area contributed by atoms with E-state index in [-0.39, 0.29) is 0 Å². The van der Waals surface area contributed by atoms with Crippen LogP contribution in [0.3, 0.4) is 0 Å². The molecule has 0 aliphatic carbocycles. The highest BCUT2D eigenvalue weighted by atomic mass is 16.5. The van der Waals surface area contributed by atoms with Crippen LogP contribution >= 0.6 is 0 Å². The minimum absolute atomic E-state index is 0.645. The van der Waals surface area contributed by atoms with Gasteiger partial charge in [0.05, 0.1) is 6.61 Å². The van der Waals surface area contributed by atoms with Crippen molar-refractivity contribution >= 4 is 0 Å². The zero-order valence-electron chi connectivity index (χ0n) is 7.92. The van der Waals surface area contributed by atoms with E-state index >= 15 is 0 Å². The second-order valence-corrected chi connectivity index (χ2v) is 2.74. The molecule has 0 N–H and O–H groups in total. The molecule has 4 nitrogen and oxygen atoms in total. The number of hydrogen-bond acceptors (Lipinski definition) is 3. The summed E-state index contributed by atoms with van der Waals surface area (Å²) in [6.07, 6.45) is 3.15. The van der Waals surface area contributed by atoms with E-state index in [9.17, 15) is 0 Å². The van der Waals surface area contributed by atoms with E-state index in [1.54, 1.807) is 11.0 Å². The van der Waals surface area contributed by atoms with E-state index < -0.39 is 0 Å². The molecule has 0 amide bonds. The van der Waals surface area contributed by atoms with Crippen LogP contribution in [0.1, 0.15) is 6.92 Å². The molecule has 2 aromatic rings. The van der Waals surface area contributed by atoms with E-state index in [1.165, 1.54) is 6.33 Å². The van der Waals surface area contributed by atoms with Gasteiger partial charge in [0, 0.05) is 0 Å². The number of rotatable bonds is 3. The molecule has 1 heterocycles. The van der Waals surface area contributed by atoms with E-state index in [4.69, 9.17) is 4.74 Å². The lowest BCUT2D eigenvalue weighted by atomic mass is 10.3. The van der Waals surface area contributed by atoms with Crippen molar-refractivity contribution in [2.24, 2.45) is 0 Å². The number of nitrogens with zero attached hydrogens (tertiary/aromatic N) is 3. The maximum absolute atomic E-state index is 5.47. The van der Waals surface area contributed by atoms with Crippen LogP contribution in [0, 0.1) is 0 Å². The smallest absolute Gasteiger partial charge is 0.144 e. The van der Waals surface area contributed by atoms with Crippen molar-refractivity contribution in [1.29, 1.82) is 0 Å². The molecule has 14 heavy (non-hydrogen) atoms. The molecular weight excluding hydrogens is 178 g/mol. The van der Waals surface area contributed by atoms with E-state index in [0.29, 0.717) is 6.61 Å². The lowest BCUT2D eigenvalue weighted by Gasteiger charge is -2.08. The van der Waals surface area contributed by atoms with Crippen molar-refractivity contribution in [2.45, 2.75) is 6.92 Å². The average molecular weight is 189 g/mol. The van der Waals surface area contributed by atoms with E-state index in [2.05, 4.69) is 10.1 Å². The van der Waals surface area contributed by atoms with Crippen LogP contribution in [0.15, 0.2) is 36.9 Å². The van der Waals surface area contributed by atoms with Crippen molar-refractivity contribution in [3.05, 3.63) is 36.9 Å². The fourth-order valence-electron chi connectivity index (χ4n) is 1.26.